The Morgan fingerprint density at radius 2 is 2.25 bits per heavy atom. The van der Waals surface area contributed by atoms with Crippen LogP contribution in [-0.4, -0.2) is 46.7 Å². The average Bonchev–Trinajstić information content (AvgIpc) is 3.11. The van der Waals surface area contributed by atoms with Crippen LogP contribution >= 0.6 is 0 Å². The Morgan fingerprint density at radius 3 is 3.10 bits per heavy atom. The van der Waals surface area contributed by atoms with Crippen molar-refractivity contribution < 1.29 is 4.79 Å². The molecular weight excluding hydrogens is 252 g/mol. The van der Waals surface area contributed by atoms with E-state index in [1.54, 1.807) is 0 Å². The van der Waals surface area contributed by atoms with Gasteiger partial charge in [0.05, 0.1) is 0 Å². The van der Waals surface area contributed by atoms with E-state index >= 15 is 0 Å². The molecule has 1 atom stereocenters. The zero-order chi connectivity index (χ0) is 13.9. The molecular formula is C15H24N4O. The number of aryl methyl sites for hydroxylation is 1. The second kappa shape index (κ2) is 5.95. The third-order valence-electron chi connectivity index (χ3n) is 4.67. The number of hydrogen-bond acceptors (Lipinski definition) is 3. The van der Waals surface area contributed by atoms with Gasteiger partial charge in [0.15, 0.2) is 5.69 Å². The lowest BCUT2D eigenvalue weighted by atomic mass is 9.96. The highest BCUT2D eigenvalue weighted by Crippen LogP contribution is 2.22. The summed E-state index contributed by atoms with van der Waals surface area (Å²) in [4.78, 5) is 14.8. The predicted octanol–water partition coefficient (Wildman–Crippen LogP) is 1.50. The quantitative estimate of drug-likeness (QED) is 0.876. The van der Waals surface area contributed by atoms with Gasteiger partial charge >= 0.3 is 0 Å². The van der Waals surface area contributed by atoms with Crippen molar-refractivity contribution >= 4 is 5.91 Å². The molecule has 1 amide bonds. The van der Waals surface area contributed by atoms with Crippen molar-refractivity contribution in [1.82, 2.24) is 20.4 Å². The number of fused-ring (bicyclic) bond motifs is 1. The van der Waals surface area contributed by atoms with Crippen LogP contribution in [0.25, 0.3) is 0 Å². The maximum atomic E-state index is 12.3. The van der Waals surface area contributed by atoms with Crippen LogP contribution in [0.3, 0.4) is 0 Å². The van der Waals surface area contributed by atoms with Crippen molar-refractivity contribution in [2.45, 2.75) is 51.5 Å². The molecule has 2 N–H and O–H groups in total. The number of nitrogens with zero attached hydrogens (tertiary/aromatic N) is 2. The van der Waals surface area contributed by atoms with Crippen LogP contribution in [0.2, 0.25) is 0 Å². The second-order valence-corrected chi connectivity index (χ2v) is 5.87. The second-order valence-electron chi connectivity index (χ2n) is 5.87. The molecule has 1 fully saturated rings. The minimum absolute atomic E-state index is 0.00708. The summed E-state index contributed by atoms with van der Waals surface area (Å²) in [5, 5.41) is 10.3. The smallest absolute Gasteiger partial charge is 0.272 e. The molecule has 1 aromatic rings. The summed E-state index contributed by atoms with van der Waals surface area (Å²) in [7, 11) is 0. The molecule has 1 saturated heterocycles. The third-order valence-corrected chi connectivity index (χ3v) is 4.67. The fourth-order valence-corrected chi connectivity index (χ4v) is 3.51. The standard InChI is InChI=1S/C15H24N4O/c1-2-19-9-5-6-11(19)10-16-15(20)14-12-7-3-4-8-13(12)17-18-14/h11H,2-10H2,1H3,(H,16,20)(H,17,18)/t11-/m0/s1. The van der Waals surface area contributed by atoms with Gasteiger partial charge in [0.2, 0.25) is 0 Å². The number of carbonyl (C=O) groups excluding carboxylic acids is 1. The molecule has 0 unspecified atom stereocenters. The summed E-state index contributed by atoms with van der Waals surface area (Å²) in [6.07, 6.45) is 6.81. The summed E-state index contributed by atoms with van der Waals surface area (Å²) >= 11 is 0. The van der Waals surface area contributed by atoms with Gasteiger partial charge in [0.1, 0.15) is 0 Å². The molecule has 3 rings (SSSR count). The minimum atomic E-state index is -0.00708. The predicted molar refractivity (Wildman–Crippen MR) is 77.8 cm³/mol. The van der Waals surface area contributed by atoms with Gasteiger partial charge < -0.3 is 5.32 Å². The molecule has 0 spiro atoms. The molecule has 1 aromatic heterocycles. The summed E-state index contributed by atoms with van der Waals surface area (Å²) in [5.41, 5.74) is 2.94. The van der Waals surface area contributed by atoms with E-state index in [0.717, 1.165) is 43.7 Å². The lowest BCUT2D eigenvalue weighted by Crippen LogP contribution is -2.40. The van der Waals surface area contributed by atoms with Crippen molar-refractivity contribution in [1.29, 1.82) is 0 Å². The van der Waals surface area contributed by atoms with Crippen LogP contribution in [0, 0.1) is 0 Å². The van der Waals surface area contributed by atoms with Gasteiger partial charge in [-0.1, -0.05) is 6.92 Å². The molecule has 20 heavy (non-hydrogen) atoms. The first-order chi connectivity index (χ1) is 9.79. The highest BCUT2D eigenvalue weighted by atomic mass is 16.1. The fourth-order valence-electron chi connectivity index (χ4n) is 3.51. The molecule has 1 aliphatic heterocycles. The Bertz CT molecular complexity index is 482. The maximum Gasteiger partial charge on any atom is 0.272 e. The van der Waals surface area contributed by atoms with Crippen LogP contribution < -0.4 is 5.32 Å². The molecule has 5 nitrogen and oxygen atoms in total. The van der Waals surface area contributed by atoms with E-state index < -0.39 is 0 Å². The van der Waals surface area contributed by atoms with Gasteiger partial charge in [-0.25, -0.2) is 0 Å². The highest BCUT2D eigenvalue weighted by molar-refractivity contribution is 5.94. The first-order valence-electron chi connectivity index (χ1n) is 7.88. The van der Waals surface area contributed by atoms with Crippen molar-refractivity contribution in [2.75, 3.05) is 19.6 Å². The van der Waals surface area contributed by atoms with Crippen molar-refractivity contribution in [3.8, 4) is 0 Å². The lowest BCUT2D eigenvalue weighted by Gasteiger charge is -2.22. The molecule has 2 heterocycles. The van der Waals surface area contributed by atoms with Crippen LogP contribution in [0.5, 0.6) is 0 Å². The Kier molecular flexibility index (Phi) is 4.05. The normalized spacial score (nSPS) is 22.8. The monoisotopic (exact) mass is 276 g/mol. The molecule has 5 heteroatoms. The lowest BCUT2D eigenvalue weighted by molar-refractivity contribution is 0.0935. The Morgan fingerprint density at radius 1 is 1.40 bits per heavy atom. The number of rotatable bonds is 4. The van der Waals surface area contributed by atoms with Crippen LogP contribution in [0.15, 0.2) is 0 Å². The number of H-pyrrole nitrogens is 1. The van der Waals surface area contributed by atoms with E-state index in [4.69, 9.17) is 0 Å². The van der Waals surface area contributed by atoms with Gasteiger partial charge in [-0.15, -0.1) is 0 Å². The number of hydrogen-bond donors (Lipinski definition) is 2. The van der Waals surface area contributed by atoms with E-state index in [2.05, 4.69) is 27.3 Å². The van der Waals surface area contributed by atoms with Crippen LogP contribution in [0.4, 0.5) is 0 Å². The largest absolute Gasteiger partial charge is 0.349 e. The molecule has 0 bridgehead atoms. The van der Waals surface area contributed by atoms with E-state index in [1.807, 2.05) is 0 Å². The third kappa shape index (κ3) is 2.59. The Labute approximate surface area is 120 Å². The molecule has 110 valence electrons. The van der Waals surface area contributed by atoms with Crippen molar-refractivity contribution in [3.63, 3.8) is 0 Å². The van der Waals surface area contributed by atoms with Crippen LogP contribution in [-0.2, 0) is 12.8 Å². The van der Waals surface area contributed by atoms with Gasteiger partial charge in [0.25, 0.3) is 5.91 Å². The maximum absolute atomic E-state index is 12.3. The first-order valence-corrected chi connectivity index (χ1v) is 7.88. The SMILES string of the molecule is CCN1CCC[C@H]1CNC(=O)c1n[nH]c2c1CCCC2. The fraction of sp³-hybridized carbons (Fsp3) is 0.733. The molecule has 2 aliphatic rings. The van der Waals surface area contributed by atoms with Crippen LogP contribution in [0.1, 0.15) is 54.4 Å². The van der Waals surface area contributed by atoms with Crippen molar-refractivity contribution in [2.24, 2.45) is 0 Å². The van der Waals surface area contributed by atoms with Crippen molar-refractivity contribution in [3.05, 3.63) is 17.0 Å². The summed E-state index contributed by atoms with van der Waals surface area (Å²) in [5.74, 6) is -0.00708. The van der Waals surface area contributed by atoms with Gasteiger partial charge in [-0.3, -0.25) is 14.8 Å². The average molecular weight is 276 g/mol. The number of amides is 1. The number of likely N-dealkylation sites (tertiary alicyclic amines) is 1. The van der Waals surface area contributed by atoms with E-state index in [9.17, 15) is 4.79 Å². The minimum Gasteiger partial charge on any atom is -0.349 e. The molecule has 1 aliphatic carbocycles. The first kappa shape index (κ1) is 13.6. The molecule has 0 radical (unpaired) electrons. The van der Waals surface area contributed by atoms with E-state index in [0.29, 0.717) is 11.7 Å². The Balaban J connectivity index is 1.61. The zero-order valence-corrected chi connectivity index (χ0v) is 12.2. The Hall–Kier alpha value is -1.36. The van der Waals surface area contributed by atoms with E-state index in [-0.39, 0.29) is 5.91 Å². The number of aromatic amines is 1. The summed E-state index contributed by atoms with van der Waals surface area (Å²) in [6.45, 7) is 5.16. The number of nitrogens with one attached hydrogen (secondary N) is 2. The number of carbonyl (C=O) groups is 1. The topological polar surface area (TPSA) is 61.0 Å². The van der Waals surface area contributed by atoms with Gasteiger partial charge in [-0.05, 0) is 51.6 Å². The molecule has 0 saturated carbocycles. The number of likely N-dealkylation sites (N-methyl/N-ethyl adjacent to an activating group) is 1. The molecule has 0 aromatic carbocycles. The van der Waals surface area contributed by atoms with Gasteiger partial charge in [0, 0.05) is 23.8 Å². The zero-order valence-electron chi connectivity index (χ0n) is 12.2. The highest BCUT2D eigenvalue weighted by Gasteiger charge is 2.25. The summed E-state index contributed by atoms with van der Waals surface area (Å²) in [6, 6.07) is 0.499. The van der Waals surface area contributed by atoms with Gasteiger partial charge in [-0.2, -0.15) is 5.10 Å². The number of aromatic nitrogens is 2. The van der Waals surface area contributed by atoms with E-state index in [1.165, 1.54) is 25.7 Å². The summed E-state index contributed by atoms with van der Waals surface area (Å²) < 4.78 is 0.